The van der Waals surface area contributed by atoms with Crippen LogP contribution in [0.25, 0.3) is 0 Å². The Balaban J connectivity index is 2.13. The predicted octanol–water partition coefficient (Wildman–Crippen LogP) is 3.39. The van der Waals surface area contributed by atoms with Crippen LogP contribution in [0.5, 0.6) is 0 Å². The summed E-state index contributed by atoms with van der Waals surface area (Å²) in [4.78, 5) is 11.6. The Hall–Kier alpha value is -2.29. The van der Waals surface area contributed by atoms with E-state index in [2.05, 4.69) is 11.4 Å². The number of ether oxygens (including phenoxy) is 1. The molecule has 2 rings (SSSR count). The fourth-order valence-corrected chi connectivity index (χ4v) is 1.94. The third kappa shape index (κ3) is 3.35. The zero-order valence-electron chi connectivity index (χ0n) is 11.1. The van der Waals surface area contributed by atoms with Gasteiger partial charge < -0.3 is 10.1 Å². The first-order valence-electron chi connectivity index (χ1n) is 6.17. The zero-order chi connectivity index (χ0) is 13.7. The summed E-state index contributed by atoms with van der Waals surface area (Å²) in [5.74, 6) is -0.304. The van der Waals surface area contributed by atoms with Gasteiger partial charge in [-0.05, 0) is 36.2 Å². The Morgan fingerprint density at radius 2 is 1.95 bits per heavy atom. The Bertz CT molecular complexity index is 578. The number of rotatable bonds is 4. The molecule has 3 nitrogen and oxygen atoms in total. The lowest BCUT2D eigenvalue weighted by Gasteiger charge is -2.10. The van der Waals surface area contributed by atoms with Crippen molar-refractivity contribution in [2.75, 3.05) is 12.4 Å². The van der Waals surface area contributed by atoms with Gasteiger partial charge in [0.25, 0.3) is 0 Å². The van der Waals surface area contributed by atoms with Gasteiger partial charge in [0.15, 0.2) is 0 Å². The van der Waals surface area contributed by atoms with Gasteiger partial charge in [-0.1, -0.05) is 30.3 Å². The molecule has 0 aliphatic rings. The maximum Gasteiger partial charge on any atom is 0.338 e. The highest BCUT2D eigenvalue weighted by atomic mass is 16.5. The number of methoxy groups -OCH3 is 1. The van der Waals surface area contributed by atoms with Gasteiger partial charge in [-0.2, -0.15) is 0 Å². The number of hydrogen-bond donors (Lipinski definition) is 1. The van der Waals surface area contributed by atoms with E-state index in [9.17, 15) is 4.79 Å². The van der Waals surface area contributed by atoms with Crippen molar-refractivity contribution in [1.82, 2.24) is 0 Å². The zero-order valence-corrected chi connectivity index (χ0v) is 11.1. The van der Waals surface area contributed by atoms with E-state index in [1.165, 1.54) is 12.7 Å². The van der Waals surface area contributed by atoms with Crippen LogP contribution in [-0.4, -0.2) is 13.1 Å². The molecule has 0 amide bonds. The molecule has 2 aromatic rings. The van der Waals surface area contributed by atoms with Crippen LogP contribution in [0.2, 0.25) is 0 Å². The van der Waals surface area contributed by atoms with E-state index in [-0.39, 0.29) is 5.97 Å². The normalized spacial score (nSPS) is 10.0. The van der Waals surface area contributed by atoms with Crippen molar-refractivity contribution in [3.05, 3.63) is 65.2 Å². The lowest BCUT2D eigenvalue weighted by atomic mass is 10.1. The van der Waals surface area contributed by atoms with Gasteiger partial charge in [0.2, 0.25) is 0 Å². The molecule has 98 valence electrons. The summed E-state index contributed by atoms with van der Waals surface area (Å²) in [6.45, 7) is 2.64. The molecule has 0 spiro atoms. The van der Waals surface area contributed by atoms with Crippen LogP contribution >= 0.6 is 0 Å². The molecule has 19 heavy (non-hydrogen) atoms. The highest BCUT2D eigenvalue weighted by molar-refractivity contribution is 5.91. The second-order valence-electron chi connectivity index (χ2n) is 4.37. The van der Waals surface area contributed by atoms with Crippen LogP contribution in [0.15, 0.2) is 48.5 Å². The fraction of sp³-hybridized carbons (Fsp3) is 0.188. The summed E-state index contributed by atoms with van der Waals surface area (Å²) < 4.78 is 4.78. The Kier molecular flexibility index (Phi) is 4.18. The average molecular weight is 255 g/mol. The minimum atomic E-state index is -0.304. The summed E-state index contributed by atoms with van der Waals surface area (Å²) in [6, 6.07) is 15.6. The van der Waals surface area contributed by atoms with Gasteiger partial charge in [-0.15, -0.1) is 0 Å². The highest BCUT2D eigenvalue weighted by Gasteiger charge is 2.10. The highest BCUT2D eigenvalue weighted by Crippen LogP contribution is 2.14. The molecule has 0 aliphatic heterocycles. The van der Waals surface area contributed by atoms with Gasteiger partial charge in [-0.25, -0.2) is 4.79 Å². The van der Waals surface area contributed by atoms with Crippen LogP contribution in [-0.2, 0) is 11.3 Å². The van der Waals surface area contributed by atoms with Crippen molar-refractivity contribution in [2.24, 2.45) is 0 Å². The molecule has 0 heterocycles. The van der Waals surface area contributed by atoms with Crippen LogP contribution in [0.1, 0.15) is 21.5 Å². The van der Waals surface area contributed by atoms with E-state index in [1.54, 1.807) is 6.07 Å². The third-order valence-electron chi connectivity index (χ3n) is 2.92. The fourth-order valence-electron chi connectivity index (χ4n) is 1.94. The van der Waals surface area contributed by atoms with Gasteiger partial charge >= 0.3 is 5.97 Å². The smallest absolute Gasteiger partial charge is 0.338 e. The van der Waals surface area contributed by atoms with E-state index in [0.717, 1.165) is 11.3 Å². The van der Waals surface area contributed by atoms with Crippen LogP contribution in [0.3, 0.4) is 0 Å². The molecule has 0 unspecified atom stereocenters. The van der Waals surface area contributed by atoms with E-state index < -0.39 is 0 Å². The molecule has 0 atom stereocenters. The molecule has 0 fully saturated rings. The monoisotopic (exact) mass is 255 g/mol. The van der Waals surface area contributed by atoms with Gasteiger partial charge in [0.1, 0.15) is 0 Å². The number of carbonyl (C=O) groups excluding carboxylic acids is 1. The second kappa shape index (κ2) is 6.05. The van der Waals surface area contributed by atoms with E-state index in [4.69, 9.17) is 4.74 Å². The molecule has 0 bridgehead atoms. The summed E-state index contributed by atoms with van der Waals surface area (Å²) >= 11 is 0. The van der Waals surface area contributed by atoms with Crippen LogP contribution in [0, 0.1) is 6.92 Å². The predicted molar refractivity (Wildman–Crippen MR) is 76.3 cm³/mol. The summed E-state index contributed by atoms with van der Waals surface area (Å²) in [5, 5.41) is 3.31. The van der Waals surface area contributed by atoms with E-state index >= 15 is 0 Å². The molecule has 0 radical (unpaired) electrons. The summed E-state index contributed by atoms with van der Waals surface area (Å²) in [7, 11) is 1.40. The quantitative estimate of drug-likeness (QED) is 0.851. The molecule has 0 aliphatic carbocycles. The lowest BCUT2D eigenvalue weighted by Crippen LogP contribution is -2.09. The van der Waals surface area contributed by atoms with Crippen molar-refractivity contribution in [2.45, 2.75) is 13.5 Å². The maximum atomic E-state index is 11.6. The SMILES string of the molecule is COC(=O)c1ccccc1CNc1cccc(C)c1. The van der Waals surface area contributed by atoms with Crippen molar-refractivity contribution in [3.8, 4) is 0 Å². The molecule has 0 saturated carbocycles. The van der Waals surface area contributed by atoms with Crippen molar-refractivity contribution < 1.29 is 9.53 Å². The van der Waals surface area contributed by atoms with Crippen molar-refractivity contribution >= 4 is 11.7 Å². The van der Waals surface area contributed by atoms with E-state index in [1.807, 2.05) is 43.3 Å². The Labute approximate surface area is 113 Å². The molecular weight excluding hydrogens is 238 g/mol. The molecular formula is C16H17NO2. The first kappa shape index (κ1) is 13.1. The second-order valence-corrected chi connectivity index (χ2v) is 4.37. The lowest BCUT2D eigenvalue weighted by molar-refractivity contribution is 0.0599. The first-order chi connectivity index (χ1) is 9.20. The number of anilines is 1. The Morgan fingerprint density at radius 1 is 1.16 bits per heavy atom. The minimum Gasteiger partial charge on any atom is -0.465 e. The number of aryl methyl sites for hydroxylation is 1. The average Bonchev–Trinajstić information content (AvgIpc) is 2.45. The summed E-state index contributed by atoms with van der Waals surface area (Å²) in [6.07, 6.45) is 0. The number of benzene rings is 2. The molecule has 0 saturated heterocycles. The van der Waals surface area contributed by atoms with Gasteiger partial charge in [-0.3, -0.25) is 0 Å². The number of esters is 1. The standard InChI is InChI=1S/C16H17NO2/c1-12-6-5-8-14(10-12)17-11-13-7-3-4-9-15(13)16(18)19-2/h3-10,17H,11H2,1-2H3. The van der Waals surface area contributed by atoms with Crippen LogP contribution in [0.4, 0.5) is 5.69 Å². The van der Waals surface area contributed by atoms with E-state index in [0.29, 0.717) is 12.1 Å². The summed E-state index contributed by atoms with van der Waals surface area (Å²) in [5.41, 5.74) is 3.77. The molecule has 3 heteroatoms. The Morgan fingerprint density at radius 3 is 2.68 bits per heavy atom. The number of hydrogen-bond acceptors (Lipinski definition) is 3. The molecule has 1 N–H and O–H groups in total. The first-order valence-corrected chi connectivity index (χ1v) is 6.17. The minimum absolute atomic E-state index is 0.304. The maximum absolute atomic E-state index is 11.6. The van der Waals surface area contributed by atoms with Crippen molar-refractivity contribution in [3.63, 3.8) is 0 Å². The number of nitrogens with one attached hydrogen (secondary N) is 1. The molecule has 0 aromatic heterocycles. The molecule has 2 aromatic carbocycles. The van der Waals surface area contributed by atoms with Gasteiger partial charge in [0.05, 0.1) is 12.7 Å². The topological polar surface area (TPSA) is 38.3 Å². The number of carbonyl (C=O) groups is 1. The van der Waals surface area contributed by atoms with Gasteiger partial charge in [0, 0.05) is 12.2 Å². The third-order valence-corrected chi connectivity index (χ3v) is 2.92. The largest absolute Gasteiger partial charge is 0.465 e. The van der Waals surface area contributed by atoms with Crippen LogP contribution < -0.4 is 5.32 Å². The van der Waals surface area contributed by atoms with Crippen molar-refractivity contribution in [1.29, 1.82) is 0 Å².